The minimum Gasteiger partial charge on any atom is -0.375 e. The third kappa shape index (κ3) is 2.11. The maximum atomic E-state index is 5.95. The molecule has 1 aliphatic carbocycles. The molecule has 17 heavy (non-hydrogen) atoms. The molecule has 1 aromatic rings. The lowest BCUT2D eigenvalue weighted by molar-refractivity contribution is -0.141. The van der Waals surface area contributed by atoms with E-state index in [1.54, 1.807) is 0 Å². The normalized spacial score (nSPS) is 27.0. The molecule has 4 nitrogen and oxygen atoms in total. The first-order chi connectivity index (χ1) is 8.31. The number of rotatable bonds is 3. The molecule has 1 atom stereocenters. The van der Waals surface area contributed by atoms with E-state index in [1.807, 2.05) is 7.05 Å². The Morgan fingerprint density at radius 1 is 1.59 bits per heavy atom. The first-order valence-electron chi connectivity index (χ1n) is 6.64. The van der Waals surface area contributed by atoms with Crippen LogP contribution in [-0.2, 0) is 11.3 Å². The van der Waals surface area contributed by atoms with Gasteiger partial charge in [-0.25, -0.2) is 0 Å². The van der Waals surface area contributed by atoms with Crippen LogP contribution >= 0.6 is 0 Å². The lowest BCUT2D eigenvalue weighted by Gasteiger charge is -2.47. The van der Waals surface area contributed by atoms with E-state index in [9.17, 15) is 0 Å². The summed E-state index contributed by atoms with van der Waals surface area (Å²) in [6, 6.07) is 2.65. The van der Waals surface area contributed by atoms with E-state index in [-0.39, 0.29) is 5.60 Å². The van der Waals surface area contributed by atoms with Gasteiger partial charge in [0.05, 0.1) is 17.3 Å². The molecule has 1 N–H and O–H groups in total. The highest BCUT2D eigenvalue weighted by Crippen LogP contribution is 2.45. The van der Waals surface area contributed by atoms with E-state index >= 15 is 0 Å². The summed E-state index contributed by atoms with van der Waals surface area (Å²) in [5.41, 5.74) is 1.33. The zero-order valence-corrected chi connectivity index (χ0v) is 10.5. The van der Waals surface area contributed by atoms with Crippen LogP contribution in [0.5, 0.6) is 0 Å². The molecule has 1 aromatic heterocycles. The van der Waals surface area contributed by atoms with Gasteiger partial charge in [-0.05, 0) is 45.2 Å². The second kappa shape index (κ2) is 4.42. The van der Waals surface area contributed by atoms with Gasteiger partial charge in [0.25, 0.3) is 0 Å². The Kier molecular flexibility index (Phi) is 2.92. The van der Waals surface area contributed by atoms with Crippen LogP contribution in [0.2, 0.25) is 0 Å². The highest BCUT2D eigenvalue weighted by molar-refractivity contribution is 5.01. The van der Waals surface area contributed by atoms with Gasteiger partial charge in [-0.2, -0.15) is 5.10 Å². The Morgan fingerprint density at radius 2 is 2.47 bits per heavy atom. The van der Waals surface area contributed by atoms with Gasteiger partial charge < -0.3 is 10.1 Å². The molecule has 2 aliphatic rings. The second-order valence-electron chi connectivity index (χ2n) is 5.35. The molecule has 0 bridgehead atoms. The number of hydrogen-bond donors (Lipinski definition) is 1. The van der Waals surface area contributed by atoms with Gasteiger partial charge >= 0.3 is 0 Å². The van der Waals surface area contributed by atoms with Crippen molar-refractivity contribution in [1.82, 2.24) is 15.1 Å². The van der Waals surface area contributed by atoms with E-state index in [4.69, 9.17) is 4.74 Å². The maximum absolute atomic E-state index is 5.95. The third-order valence-corrected chi connectivity index (χ3v) is 4.13. The summed E-state index contributed by atoms with van der Waals surface area (Å²) in [6.45, 7) is 1.74. The molecule has 1 saturated heterocycles. The van der Waals surface area contributed by atoms with Crippen molar-refractivity contribution in [2.45, 2.75) is 50.3 Å². The van der Waals surface area contributed by atoms with Crippen molar-refractivity contribution >= 4 is 0 Å². The van der Waals surface area contributed by atoms with Crippen LogP contribution in [0.4, 0.5) is 0 Å². The van der Waals surface area contributed by atoms with Crippen LogP contribution in [0.15, 0.2) is 12.3 Å². The molecule has 94 valence electrons. The predicted octanol–water partition coefficient (Wildman–Crippen LogP) is 1.88. The van der Waals surface area contributed by atoms with Crippen LogP contribution in [0.3, 0.4) is 0 Å². The Balaban J connectivity index is 1.69. The lowest BCUT2D eigenvalue weighted by Crippen LogP contribution is -2.46. The van der Waals surface area contributed by atoms with E-state index < -0.39 is 0 Å². The molecule has 2 fully saturated rings. The molecular formula is C13H21N3O. The third-order valence-electron chi connectivity index (χ3n) is 4.13. The fourth-order valence-electron chi connectivity index (χ4n) is 3.00. The molecule has 3 rings (SSSR count). The number of nitrogens with one attached hydrogen (secondary N) is 1. The van der Waals surface area contributed by atoms with Gasteiger partial charge in [0.15, 0.2) is 0 Å². The maximum Gasteiger partial charge on any atom is 0.0762 e. The number of hydrogen-bond acceptors (Lipinski definition) is 3. The van der Waals surface area contributed by atoms with Crippen LogP contribution in [0.25, 0.3) is 0 Å². The standard InChI is InChI=1S/C13H21N3O/c1-14-10-11-3-7-16(15-11)12-4-8-17-13(9-12)5-2-6-13/h3,7,12,14H,2,4-6,8-10H2,1H3. The van der Waals surface area contributed by atoms with Crippen molar-refractivity contribution in [3.05, 3.63) is 18.0 Å². The van der Waals surface area contributed by atoms with Gasteiger partial charge in [-0.3, -0.25) is 4.68 Å². The average Bonchev–Trinajstić information content (AvgIpc) is 2.76. The summed E-state index contributed by atoms with van der Waals surface area (Å²) in [4.78, 5) is 0. The molecule has 1 saturated carbocycles. The summed E-state index contributed by atoms with van der Waals surface area (Å²) in [7, 11) is 1.96. The van der Waals surface area contributed by atoms with Crippen LogP contribution in [-0.4, -0.2) is 29.0 Å². The summed E-state index contributed by atoms with van der Waals surface area (Å²) >= 11 is 0. The Morgan fingerprint density at radius 3 is 3.18 bits per heavy atom. The molecule has 4 heteroatoms. The van der Waals surface area contributed by atoms with Crippen LogP contribution in [0.1, 0.15) is 43.8 Å². The van der Waals surface area contributed by atoms with Gasteiger partial charge in [-0.1, -0.05) is 0 Å². The molecular weight excluding hydrogens is 214 g/mol. The topological polar surface area (TPSA) is 39.1 Å². The van der Waals surface area contributed by atoms with Crippen molar-refractivity contribution in [3.63, 3.8) is 0 Å². The highest BCUT2D eigenvalue weighted by atomic mass is 16.5. The highest BCUT2D eigenvalue weighted by Gasteiger charge is 2.43. The number of ether oxygens (including phenoxy) is 1. The van der Waals surface area contributed by atoms with Crippen molar-refractivity contribution in [2.75, 3.05) is 13.7 Å². The van der Waals surface area contributed by atoms with E-state index in [2.05, 4.69) is 27.4 Å². The minimum absolute atomic E-state index is 0.206. The summed E-state index contributed by atoms with van der Waals surface area (Å²) in [5, 5.41) is 7.78. The largest absolute Gasteiger partial charge is 0.375 e. The molecule has 0 radical (unpaired) electrons. The predicted molar refractivity (Wildman–Crippen MR) is 65.8 cm³/mol. The zero-order chi connectivity index (χ0) is 11.7. The van der Waals surface area contributed by atoms with Gasteiger partial charge in [0, 0.05) is 19.3 Å². The van der Waals surface area contributed by atoms with Crippen LogP contribution < -0.4 is 5.32 Å². The molecule has 1 unspecified atom stereocenters. The molecule has 2 heterocycles. The van der Waals surface area contributed by atoms with Gasteiger partial charge in [0.2, 0.25) is 0 Å². The van der Waals surface area contributed by atoms with Crippen molar-refractivity contribution < 1.29 is 4.74 Å². The van der Waals surface area contributed by atoms with E-state index in [0.29, 0.717) is 6.04 Å². The van der Waals surface area contributed by atoms with E-state index in [0.717, 1.165) is 31.7 Å². The Labute approximate surface area is 102 Å². The van der Waals surface area contributed by atoms with Crippen molar-refractivity contribution in [1.29, 1.82) is 0 Å². The zero-order valence-electron chi connectivity index (χ0n) is 10.5. The average molecular weight is 235 g/mol. The fraction of sp³-hybridized carbons (Fsp3) is 0.769. The molecule has 0 amide bonds. The molecule has 0 aromatic carbocycles. The quantitative estimate of drug-likeness (QED) is 0.869. The van der Waals surface area contributed by atoms with Crippen LogP contribution in [0, 0.1) is 0 Å². The lowest BCUT2D eigenvalue weighted by atomic mass is 9.74. The van der Waals surface area contributed by atoms with Crippen molar-refractivity contribution in [2.24, 2.45) is 0 Å². The number of nitrogens with zero attached hydrogens (tertiary/aromatic N) is 2. The SMILES string of the molecule is CNCc1ccn(C2CCOC3(CCC3)C2)n1. The van der Waals surface area contributed by atoms with E-state index in [1.165, 1.54) is 19.3 Å². The fourth-order valence-corrected chi connectivity index (χ4v) is 3.00. The first-order valence-corrected chi connectivity index (χ1v) is 6.64. The summed E-state index contributed by atoms with van der Waals surface area (Å²) in [6.07, 6.45) is 8.18. The Bertz CT molecular complexity index is 384. The van der Waals surface area contributed by atoms with Gasteiger partial charge in [-0.15, -0.1) is 0 Å². The van der Waals surface area contributed by atoms with Gasteiger partial charge in [0.1, 0.15) is 0 Å². The second-order valence-corrected chi connectivity index (χ2v) is 5.35. The Hall–Kier alpha value is -0.870. The molecule has 1 spiro atoms. The minimum atomic E-state index is 0.206. The molecule has 1 aliphatic heterocycles. The smallest absolute Gasteiger partial charge is 0.0762 e. The first kappa shape index (κ1) is 11.2. The monoisotopic (exact) mass is 235 g/mol. The summed E-state index contributed by atoms with van der Waals surface area (Å²) in [5.74, 6) is 0. The van der Waals surface area contributed by atoms with Crippen molar-refractivity contribution in [3.8, 4) is 0 Å². The summed E-state index contributed by atoms with van der Waals surface area (Å²) < 4.78 is 8.10. The number of aromatic nitrogens is 2.